The molecule has 2 aliphatic heterocycles. The van der Waals surface area contributed by atoms with Crippen LogP contribution in [0.25, 0.3) is 0 Å². The van der Waals surface area contributed by atoms with Crippen molar-refractivity contribution in [2.24, 2.45) is 0 Å². The molecule has 0 aromatic heterocycles. The Hall–Kier alpha value is -3.26. The molecular formula is C22H25N3O5. The van der Waals surface area contributed by atoms with E-state index in [2.05, 4.69) is 10.2 Å². The lowest BCUT2D eigenvalue weighted by Crippen LogP contribution is -2.51. The first-order valence-corrected chi connectivity index (χ1v) is 9.89. The Kier molecular flexibility index (Phi) is 5.76. The molecule has 0 bridgehead atoms. The number of nitrogens with zero attached hydrogens (tertiary/aromatic N) is 2. The van der Waals surface area contributed by atoms with E-state index in [1.807, 2.05) is 31.2 Å². The van der Waals surface area contributed by atoms with Gasteiger partial charge in [0, 0.05) is 32.7 Å². The minimum atomic E-state index is -0.650. The molecule has 8 nitrogen and oxygen atoms in total. The highest BCUT2D eigenvalue weighted by atomic mass is 16.7. The lowest BCUT2D eigenvalue weighted by atomic mass is 10.1. The summed E-state index contributed by atoms with van der Waals surface area (Å²) in [4.78, 5) is 28.9. The molecule has 1 saturated heterocycles. The highest BCUT2D eigenvalue weighted by Gasteiger charge is 2.27. The maximum atomic E-state index is 12.6. The Morgan fingerprint density at radius 3 is 2.57 bits per heavy atom. The van der Waals surface area contributed by atoms with Gasteiger partial charge in [-0.3, -0.25) is 14.5 Å². The average molecular weight is 411 g/mol. The predicted octanol–water partition coefficient (Wildman–Crippen LogP) is 2.02. The molecule has 0 unspecified atom stereocenters. The van der Waals surface area contributed by atoms with Gasteiger partial charge in [0.15, 0.2) is 11.5 Å². The average Bonchev–Trinajstić information content (AvgIpc) is 3.22. The lowest BCUT2D eigenvalue weighted by Gasteiger charge is -2.34. The van der Waals surface area contributed by atoms with Crippen molar-refractivity contribution in [3.8, 4) is 17.2 Å². The predicted molar refractivity (Wildman–Crippen MR) is 111 cm³/mol. The molecule has 0 atom stereocenters. The van der Waals surface area contributed by atoms with Crippen molar-refractivity contribution >= 4 is 17.5 Å². The molecule has 0 spiro atoms. The van der Waals surface area contributed by atoms with Crippen LogP contribution in [-0.4, -0.2) is 61.7 Å². The van der Waals surface area contributed by atoms with E-state index < -0.39 is 11.8 Å². The smallest absolute Gasteiger partial charge is 0.314 e. The Morgan fingerprint density at radius 1 is 1.03 bits per heavy atom. The fourth-order valence-corrected chi connectivity index (χ4v) is 3.65. The molecule has 8 heteroatoms. The van der Waals surface area contributed by atoms with Gasteiger partial charge in [-0.1, -0.05) is 12.1 Å². The molecular weight excluding hydrogens is 386 g/mol. The molecule has 30 heavy (non-hydrogen) atoms. The third kappa shape index (κ3) is 4.33. The number of carbonyl (C=O) groups is 2. The molecule has 2 aromatic carbocycles. The summed E-state index contributed by atoms with van der Waals surface area (Å²) in [5.74, 6) is 0.884. The summed E-state index contributed by atoms with van der Waals surface area (Å²) in [5, 5.41) is 2.68. The van der Waals surface area contributed by atoms with Crippen LogP contribution in [0.3, 0.4) is 0 Å². The normalized spacial score (nSPS) is 15.7. The SMILES string of the molecule is COc1ccc(C)cc1NC(=O)C(=O)N1CCN(Cc2ccc3c(c2)OCO3)CC1. The molecule has 2 aliphatic rings. The van der Waals surface area contributed by atoms with Crippen molar-refractivity contribution in [3.63, 3.8) is 0 Å². The van der Waals surface area contributed by atoms with E-state index in [0.29, 0.717) is 37.6 Å². The number of ether oxygens (including phenoxy) is 3. The summed E-state index contributed by atoms with van der Waals surface area (Å²) in [6, 6.07) is 11.4. The van der Waals surface area contributed by atoms with Gasteiger partial charge in [-0.25, -0.2) is 0 Å². The van der Waals surface area contributed by atoms with Gasteiger partial charge in [0.1, 0.15) is 5.75 Å². The van der Waals surface area contributed by atoms with Gasteiger partial charge in [-0.2, -0.15) is 0 Å². The largest absolute Gasteiger partial charge is 0.495 e. The number of rotatable bonds is 4. The number of carbonyl (C=O) groups excluding carboxylic acids is 2. The lowest BCUT2D eigenvalue weighted by molar-refractivity contribution is -0.144. The summed E-state index contributed by atoms with van der Waals surface area (Å²) in [6.07, 6.45) is 0. The van der Waals surface area contributed by atoms with Gasteiger partial charge >= 0.3 is 11.8 Å². The zero-order chi connectivity index (χ0) is 21.1. The van der Waals surface area contributed by atoms with Crippen molar-refractivity contribution in [2.45, 2.75) is 13.5 Å². The first-order chi connectivity index (χ1) is 14.5. The van der Waals surface area contributed by atoms with Crippen LogP contribution in [0.2, 0.25) is 0 Å². The van der Waals surface area contributed by atoms with E-state index >= 15 is 0 Å². The van der Waals surface area contributed by atoms with Gasteiger partial charge in [0.25, 0.3) is 0 Å². The Balaban J connectivity index is 1.31. The fraction of sp³-hybridized carbons (Fsp3) is 0.364. The van der Waals surface area contributed by atoms with Crippen molar-refractivity contribution in [1.82, 2.24) is 9.80 Å². The van der Waals surface area contributed by atoms with Crippen LogP contribution in [-0.2, 0) is 16.1 Å². The zero-order valence-electron chi connectivity index (χ0n) is 17.1. The van der Waals surface area contributed by atoms with Crippen molar-refractivity contribution < 1.29 is 23.8 Å². The first-order valence-electron chi connectivity index (χ1n) is 9.89. The van der Waals surface area contributed by atoms with Gasteiger partial charge < -0.3 is 24.4 Å². The minimum Gasteiger partial charge on any atom is -0.495 e. The van der Waals surface area contributed by atoms with Gasteiger partial charge in [0.05, 0.1) is 12.8 Å². The molecule has 1 fully saturated rings. The second-order valence-electron chi connectivity index (χ2n) is 7.41. The second-order valence-corrected chi connectivity index (χ2v) is 7.41. The van der Waals surface area contributed by atoms with Gasteiger partial charge in [0.2, 0.25) is 6.79 Å². The number of hydrogen-bond acceptors (Lipinski definition) is 6. The number of fused-ring (bicyclic) bond motifs is 1. The number of nitrogens with one attached hydrogen (secondary N) is 1. The van der Waals surface area contributed by atoms with Crippen LogP contribution in [0, 0.1) is 6.92 Å². The van der Waals surface area contributed by atoms with E-state index in [9.17, 15) is 9.59 Å². The summed E-state index contributed by atoms with van der Waals surface area (Å²) in [5.41, 5.74) is 2.59. The molecule has 0 saturated carbocycles. The second kappa shape index (κ2) is 8.62. The Bertz CT molecular complexity index is 954. The molecule has 158 valence electrons. The third-order valence-corrected chi connectivity index (χ3v) is 5.30. The zero-order valence-corrected chi connectivity index (χ0v) is 17.1. The number of methoxy groups -OCH3 is 1. The maximum Gasteiger partial charge on any atom is 0.314 e. The molecule has 1 N–H and O–H groups in total. The van der Waals surface area contributed by atoms with Crippen molar-refractivity contribution in [3.05, 3.63) is 47.5 Å². The van der Waals surface area contributed by atoms with E-state index in [1.165, 1.54) is 7.11 Å². The fourth-order valence-electron chi connectivity index (χ4n) is 3.65. The van der Waals surface area contributed by atoms with Crippen LogP contribution >= 0.6 is 0 Å². The minimum absolute atomic E-state index is 0.260. The third-order valence-electron chi connectivity index (χ3n) is 5.30. The van der Waals surface area contributed by atoms with E-state index in [4.69, 9.17) is 14.2 Å². The molecule has 2 heterocycles. The number of benzene rings is 2. The van der Waals surface area contributed by atoms with Gasteiger partial charge in [-0.05, 0) is 42.3 Å². The van der Waals surface area contributed by atoms with Crippen LogP contribution in [0.1, 0.15) is 11.1 Å². The monoisotopic (exact) mass is 411 g/mol. The Labute approximate surface area is 175 Å². The van der Waals surface area contributed by atoms with E-state index in [1.54, 1.807) is 17.0 Å². The summed E-state index contributed by atoms with van der Waals surface area (Å²) in [6.45, 7) is 5.32. The van der Waals surface area contributed by atoms with E-state index in [0.717, 1.165) is 29.2 Å². The standard InChI is InChI=1S/C22H25N3O5/c1-15-3-5-18(28-2)17(11-15)23-21(26)22(27)25-9-7-24(8-10-25)13-16-4-6-19-20(12-16)30-14-29-19/h3-6,11-12H,7-10,13-14H2,1-2H3,(H,23,26). The summed E-state index contributed by atoms with van der Waals surface area (Å²) < 4.78 is 16.0. The van der Waals surface area contributed by atoms with Crippen molar-refractivity contribution in [1.29, 1.82) is 0 Å². The van der Waals surface area contributed by atoms with Crippen LogP contribution in [0.4, 0.5) is 5.69 Å². The molecule has 0 radical (unpaired) electrons. The molecule has 2 amide bonds. The topological polar surface area (TPSA) is 80.3 Å². The summed E-state index contributed by atoms with van der Waals surface area (Å²) >= 11 is 0. The van der Waals surface area contributed by atoms with Crippen LogP contribution < -0.4 is 19.5 Å². The molecule has 4 rings (SSSR count). The van der Waals surface area contributed by atoms with Crippen LogP contribution in [0.15, 0.2) is 36.4 Å². The Morgan fingerprint density at radius 2 is 1.80 bits per heavy atom. The number of aryl methyl sites for hydroxylation is 1. The molecule has 2 aromatic rings. The number of anilines is 1. The van der Waals surface area contributed by atoms with Gasteiger partial charge in [-0.15, -0.1) is 0 Å². The number of piperazine rings is 1. The first kappa shape index (κ1) is 20.0. The highest BCUT2D eigenvalue weighted by Crippen LogP contribution is 2.33. The quantitative estimate of drug-likeness (QED) is 0.776. The summed E-state index contributed by atoms with van der Waals surface area (Å²) in [7, 11) is 1.53. The maximum absolute atomic E-state index is 12.6. The number of amides is 2. The van der Waals surface area contributed by atoms with Crippen LogP contribution in [0.5, 0.6) is 17.2 Å². The molecule has 0 aliphatic carbocycles. The van der Waals surface area contributed by atoms with E-state index in [-0.39, 0.29) is 6.79 Å². The number of hydrogen-bond donors (Lipinski definition) is 1. The van der Waals surface area contributed by atoms with Crippen molar-refractivity contribution in [2.75, 3.05) is 45.4 Å². The highest BCUT2D eigenvalue weighted by molar-refractivity contribution is 6.39.